The molecule has 0 aliphatic carbocycles. The fourth-order valence-corrected chi connectivity index (χ4v) is 3.82. The first-order valence-electron chi connectivity index (χ1n) is 7.29. The Morgan fingerprint density at radius 2 is 1.71 bits per heavy atom. The zero-order chi connectivity index (χ0) is 17.7. The van der Waals surface area contributed by atoms with Gasteiger partial charge >= 0.3 is 0 Å². The van der Waals surface area contributed by atoms with Crippen molar-refractivity contribution in [2.75, 3.05) is 6.26 Å². The minimum Gasteiger partial charge on any atom is -0.482 e. The van der Waals surface area contributed by atoms with Gasteiger partial charge in [0.15, 0.2) is 9.84 Å². The van der Waals surface area contributed by atoms with Gasteiger partial charge in [-0.25, -0.2) is 12.8 Å². The molecule has 126 valence electrons. The van der Waals surface area contributed by atoms with Crippen LogP contribution in [0.4, 0.5) is 4.39 Å². The van der Waals surface area contributed by atoms with Crippen LogP contribution < -0.4 is 4.74 Å². The molecule has 0 spiro atoms. The molecule has 2 aromatic carbocycles. The number of sulfone groups is 1. The van der Waals surface area contributed by atoms with E-state index in [1.54, 1.807) is 24.3 Å². The van der Waals surface area contributed by atoms with E-state index in [1.807, 2.05) is 13.8 Å². The van der Waals surface area contributed by atoms with Crippen molar-refractivity contribution < 1.29 is 17.5 Å². The maximum atomic E-state index is 13.3. The first-order valence-corrected chi connectivity index (χ1v) is 9.98. The third-order valence-corrected chi connectivity index (χ3v) is 6.36. The summed E-state index contributed by atoms with van der Waals surface area (Å²) in [6.07, 6.45) is 1.16. The van der Waals surface area contributed by atoms with Gasteiger partial charge in [0.25, 0.3) is 0 Å². The van der Waals surface area contributed by atoms with Gasteiger partial charge in [-0.05, 0) is 49.7 Å². The molecule has 0 radical (unpaired) electrons. The molecule has 0 N–H and O–H groups in total. The zero-order valence-corrected chi connectivity index (χ0v) is 15.8. The topological polar surface area (TPSA) is 43.4 Å². The Hall–Kier alpha value is -1.66. The van der Waals surface area contributed by atoms with E-state index in [4.69, 9.17) is 4.74 Å². The normalized spacial score (nSPS) is 16.5. The second kappa shape index (κ2) is 5.70. The highest BCUT2D eigenvalue weighted by molar-refractivity contribution is 9.12. The van der Waals surface area contributed by atoms with Crippen molar-refractivity contribution in [1.82, 2.24) is 0 Å². The Kier molecular flexibility index (Phi) is 4.08. The fraction of sp³-hybridized carbons (Fsp3) is 0.222. The molecule has 0 amide bonds. The highest BCUT2D eigenvalue weighted by atomic mass is 79.9. The third-order valence-electron chi connectivity index (χ3n) is 3.90. The van der Waals surface area contributed by atoms with Crippen LogP contribution in [0.3, 0.4) is 0 Å². The van der Waals surface area contributed by atoms with Gasteiger partial charge in [-0.15, -0.1) is 0 Å². The molecular weight excluding hydrogens is 395 g/mol. The van der Waals surface area contributed by atoms with Crippen molar-refractivity contribution in [3.8, 4) is 5.75 Å². The number of fused-ring (bicyclic) bond motifs is 1. The van der Waals surface area contributed by atoms with E-state index in [1.165, 1.54) is 18.2 Å². The minimum atomic E-state index is -3.33. The molecular formula is C18H16BrFO3S. The van der Waals surface area contributed by atoms with Gasteiger partial charge in [0.05, 0.1) is 4.90 Å². The Labute approximate surface area is 149 Å². The van der Waals surface area contributed by atoms with Gasteiger partial charge < -0.3 is 4.74 Å². The molecule has 0 bridgehead atoms. The second-order valence-electron chi connectivity index (χ2n) is 6.24. The van der Waals surface area contributed by atoms with Crippen molar-refractivity contribution in [1.29, 1.82) is 0 Å². The SMILES string of the molecule is CC1(C)Oc2cc(S(C)(=O)=O)ccc2C(c2ccc(F)cc2)=C1Br. The second-order valence-corrected chi connectivity index (χ2v) is 9.05. The molecule has 24 heavy (non-hydrogen) atoms. The molecule has 0 fully saturated rings. The number of hydrogen-bond acceptors (Lipinski definition) is 3. The van der Waals surface area contributed by atoms with Crippen LogP contribution in [0.5, 0.6) is 5.75 Å². The lowest BCUT2D eigenvalue weighted by Gasteiger charge is -2.35. The first kappa shape index (κ1) is 17.2. The van der Waals surface area contributed by atoms with Gasteiger partial charge in [-0.3, -0.25) is 0 Å². The van der Waals surface area contributed by atoms with Gasteiger partial charge in [0, 0.05) is 21.9 Å². The van der Waals surface area contributed by atoms with E-state index < -0.39 is 15.4 Å². The van der Waals surface area contributed by atoms with Crippen molar-refractivity contribution >= 4 is 31.3 Å². The van der Waals surface area contributed by atoms with E-state index in [2.05, 4.69) is 15.9 Å². The highest BCUT2D eigenvalue weighted by Crippen LogP contribution is 2.46. The molecule has 3 rings (SSSR count). The van der Waals surface area contributed by atoms with Crippen molar-refractivity contribution in [3.63, 3.8) is 0 Å². The Bertz CT molecular complexity index is 945. The van der Waals surface area contributed by atoms with E-state index in [0.717, 1.165) is 27.4 Å². The molecule has 0 saturated heterocycles. The van der Waals surface area contributed by atoms with E-state index in [-0.39, 0.29) is 10.7 Å². The summed E-state index contributed by atoms with van der Waals surface area (Å²) in [6.45, 7) is 3.77. The van der Waals surface area contributed by atoms with Gasteiger partial charge in [-0.2, -0.15) is 0 Å². The summed E-state index contributed by atoms with van der Waals surface area (Å²) in [6, 6.07) is 11.0. The fourth-order valence-electron chi connectivity index (χ4n) is 2.66. The average Bonchev–Trinajstić information content (AvgIpc) is 2.48. The minimum absolute atomic E-state index is 0.202. The van der Waals surface area contributed by atoms with Crippen LogP contribution in [0, 0.1) is 5.82 Å². The number of ether oxygens (including phenoxy) is 1. The highest BCUT2D eigenvalue weighted by Gasteiger charge is 2.34. The van der Waals surface area contributed by atoms with Crippen molar-refractivity contribution in [2.24, 2.45) is 0 Å². The quantitative estimate of drug-likeness (QED) is 0.728. The summed E-state index contributed by atoms with van der Waals surface area (Å²) < 4.78 is 43.7. The number of halogens is 2. The van der Waals surface area contributed by atoms with Crippen LogP contribution in [0.25, 0.3) is 5.57 Å². The Balaban J connectivity index is 2.26. The largest absolute Gasteiger partial charge is 0.482 e. The molecule has 1 aliphatic rings. The zero-order valence-electron chi connectivity index (χ0n) is 13.4. The molecule has 1 heterocycles. The molecule has 3 nitrogen and oxygen atoms in total. The smallest absolute Gasteiger partial charge is 0.175 e. The third kappa shape index (κ3) is 3.00. The monoisotopic (exact) mass is 410 g/mol. The number of hydrogen-bond donors (Lipinski definition) is 0. The molecule has 2 aromatic rings. The predicted octanol–water partition coefficient (Wildman–Crippen LogP) is 4.55. The summed E-state index contributed by atoms with van der Waals surface area (Å²) in [5, 5.41) is 0. The summed E-state index contributed by atoms with van der Waals surface area (Å²) in [7, 11) is -3.33. The van der Waals surface area contributed by atoms with Crippen molar-refractivity contribution in [3.05, 3.63) is 63.9 Å². The lowest BCUT2D eigenvalue weighted by atomic mass is 9.90. The summed E-state index contributed by atoms with van der Waals surface area (Å²) in [5.41, 5.74) is 1.78. The van der Waals surface area contributed by atoms with Crippen LogP contribution in [0.15, 0.2) is 51.8 Å². The molecule has 0 atom stereocenters. The van der Waals surface area contributed by atoms with Gasteiger partial charge in [0.1, 0.15) is 17.2 Å². The predicted molar refractivity (Wildman–Crippen MR) is 95.6 cm³/mol. The number of benzene rings is 2. The Morgan fingerprint density at radius 3 is 2.29 bits per heavy atom. The Morgan fingerprint density at radius 1 is 1.08 bits per heavy atom. The van der Waals surface area contributed by atoms with E-state index in [9.17, 15) is 12.8 Å². The molecule has 0 aromatic heterocycles. The van der Waals surface area contributed by atoms with Crippen LogP contribution in [0.1, 0.15) is 25.0 Å². The van der Waals surface area contributed by atoms with E-state index in [0.29, 0.717) is 5.75 Å². The molecule has 0 saturated carbocycles. The average molecular weight is 411 g/mol. The molecule has 0 unspecified atom stereocenters. The molecule has 6 heteroatoms. The van der Waals surface area contributed by atoms with Gasteiger partial charge in [-0.1, -0.05) is 28.1 Å². The standard InChI is InChI=1S/C18H16BrFO3S/c1-18(2)17(19)16(11-4-6-12(20)7-5-11)14-9-8-13(24(3,21)22)10-15(14)23-18/h4-10H,1-3H3. The maximum absolute atomic E-state index is 13.3. The lowest BCUT2D eigenvalue weighted by Crippen LogP contribution is -2.32. The lowest BCUT2D eigenvalue weighted by molar-refractivity contribution is 0.154. The number of rotatable bonds is 2. The molecule has 1 aliphatic heterocycles. The van der Waals surface area contributed by atoms with Crippen LogP contribution in [0.2, 0.25) is 0 Å². The van der Waals surface area contributed by atoms with E-state index >= 15 is 0 Å². The van der Waals surface area contributed by atoms with Crippen molar-refractivity contribution in [2.45, 2.75) is 24.3 Å². The summed E-state index contributed by atoms with van der Waals surface area (Å²) in [4.78, 5) is 0.202. The van der Waals surface area contributed by atoms with Crippen LogP contribution in [-0.4, -0.2) is 20.3 Å². The van der Waals surface area contributed by atoms with Gasteiger partial charge in [0.2, 0.25) is 0 Å². The summed E-state index contributed by atoms with van der Waals surface area (Å²) in [5.74, 6) is 0.180. The summed E-state index contributed by atoms with van der Waals surface area (Å²) >= 11 is 3.60. The maximum Gasteiger partial charge on any atom is 0.175 e. The first-order chi connectivity index (χ1) is 11.1. The van der Waals surface area contributed by atoms with Crippen LogP contribution in [-0.2, 0) is 9.84 Å². The van der Waals surface area contributed by atoms with Crippen LogP contribution >= 0.6 is 15.9 Å².